The topological polar surface area (TPSA) is 80.2 Å². The molecule has 0 aromatic carbocycles. The molecule has 3 heterocycles. The zero-order valence-electron chi connectivity index (χ0n) is 13.8. The Kier molecular flexibility index (Phi) is 4.85. The summed E-state index contributed by atoms with van der Waals surface area (Å²) in [7, 11) is 0. The summed E-state index contributed by atoms with van der Waals surface area (Å²) < 4.78 is 7.15. The number of nitrogens with one attached hydrogen (secondary N) is 3. The first-order valence-corrected chi connectivity index (χ1v) is 8.42. The fourth-order valence-corrected chi connectivity index (χ4v) is 3.15. The average Bonchev–Trinajstić information content (AvgIpc) is 3.00. The van der Waals surface area contributed by atoms with Crippen LogP contribution >= 0.6 is 0 Å². The van der Waals surface area contributed by atoms with Gasteiger partial charge in [-0.15, -0.1) is 0 Å². The van der Waals surface area contributed by atoms with E-state index in [-0.39, 0.29) is 5.97 Å². The van der Waals surface area contributed by atoms with E-state index in [1.54, 1.807) is 0 Å². The molecule has 1 fully saturated rings. The normalized spacial score (nSPS) is 18.3. The Balaban J connectivity index is 1.94. The van der Waals surface area contributed by atoms with Crippen molar-refractivity contribution in [2.75, 3.05) is 31.6 Å². The van der Waals surface area contributed by atoms with E-state index in [0.717, 1.165) is 49.6 Å². The Morgan fingerprint density at radius 1 is 1.43 bits per heavy atom. The number of carbonyl (C=O) groups excluding carboxylic acids is 1. The summed E-state index contributed by atoms with van der Waals surface area (Å²) in [5.41, 5.74) is 2.50. The third-order valence-electron chi connectivity index (χ3n) is 4.35. The SMILES string of the molecule is CCOC(=O)C1=C(NC2CCNCC2)c2cnn(CC)c2NC1. The Morgan fingerprint density at radius 2 is 2.22 bits per heavy atom. The third kappa shape index (κ3) is 3.19. The highest BCUT2D eigenvalue weighted by Gasteiger charge is 2.29. The highest BCUT2D eigenvalue weighted by atomic mass is 16.5. The Labute approximate surface area is 136 Å². The van der Waals surface area contributed by atoms with E-state index in [9.17, 15) is 4.79 Å². The van der Waals surface area contributed by atoms with E-state index >= 15 is 0 Å². The van der Waals surface area contributed by atoms with Crippen molar-refractivity contribution < 1.29 is 9.53 Å². The number of nitrogens with zero attached hydrogens (tertiary/aromatic N) is 2. The first-order chi connectivity index (χ1) is 11.2. The molecule has 0 unspecified atom stereocenters. The van der Waals surface area contributed by atoms with E-state index in [2.05, 4.69) is 28.0 Å². The smallest absolute Gasteiger partial charge is 0.337 e. The highest BCUT2D eigenvalue weighted by molar-refractivity contribution is 6.01. The van der Waals surface area contributed by atoms with Crippen molar-refractivity contribution in [3.8, 4) is 0 Å². The molecule has 2 aliphatic rings. The van der Waals surface area contributed by atoms with E-state index in [4.69, 9.17) is 4.74 Å². The molecular weight excluding hydrogens is 294 g/mol. The van der Waals surface area contributed by atoms with Gasteiger partial charge in [0.05, 0.1) is 36.2 Å². The molecule has 0 saturated carbocycles. The fraction of sp³-hybridized carbons (Fsp3) is 0.625. The summed E-state index contributed by atoms with van der Waals surface area (Å²) in [6.45, 7) is 7.51. The number of carbonyl (C=O) groups is 1. The van der Waals surface area contributed by atoms with Crippen molar-refractivity contribution in [2.45, 2.75) is 39.3 Å². The second-order valence-corrected chi connectivity index (χ2v) is 5.82. The average molecular weight is 319 g/mol. The monoisotopic (exact) mass is 319 g/mol. The molecule has 7 heteroatoms. The maximum absolute atomic E-state index is 12.3. The van der Waals surface area contributed by atoms with Gasteiger partial charge in [-0.2, -0.15) is 5.10 Å². The van der Waals surface area contributed by atoms with E-state index < -0.39 is 0 Å². The second-order valence-electron chi connectivity index (χ2n) is 5.82. The third-order valence-corrected chi connectivity index (χ3v) is 4.35. The summed E-state index contributed by atoms with van der Waals surface area (Å²) in [6.07, 6.45) is 3.92. The minimum Gasteiger partial charge on any atom is -0.463 e. The van der Waals surface area contributed by atoms with Crippen LogP contribution in [0.5, 0.6) is 0 Å². The number of hydrogen-bond donors (Lipinski definition) is 3. The molecule has 1 saturated heterocycles. The number of aryl methyl sites for hydroxylation is 1. The Bertz CT molecular complexity index is 602. The lowest BCUT2D eigenvalue weighted by atomic mass is 10.0. The lowest BCUT2D eigenvalue weighted by molar-refractivity contribution is -0.138. The molecule has 7 nitrogen and oxygen atoms in total. The van der Waals surface area contributed by atoms with Gasteiger partial charge in [0.1, 0.15) is 5.82 Å². The first-order valence-electron chi connectivity index (χ1n) is 8.42. The Hall–Kier alpha value is -2.02. The van der Waals surface area contributed by atoms with Crippen LogP contribution in [0, 0.1) is 0 Å². The zero-order chi connectivity index (χ0) is 16.2. The molecule has 2 aliphatic heterocycles. The van der Waals surface area contributed by atoms with Crippen molar-refractivity contribution in [1.29, 1.82) is 0 Å². The highest BCUT2D eigenvalue weighted by Crippen LogP contribution is 2.30. The van der Waals surface area contributed by atoms with Crippen molar-refractivity contribution >= 4 is 17.5 Å². The molecule has 1 aromatic rings. The van der Waals surface area contributed by atoms with Gasteiger partial charge in [0.25, 0.3) is 0 Å². The number of hydrogen-bond acceptors (Lipinski definition) is 6. The summed E-state index contributed by atoms with van der Waals surface area (Å²) in [5, 5.41) is 14.7. The number of piperidine rings is 1. The van der Waals surface area contributed by atoms with Gasteiger partial charge in [-0.25, -0.2) is 9.48 Å². The molecule has 0 atom stereocenters. The maximum atomic E-state index is 12.3. The van der Waals surface area contributed by atoms with Gasteiger partial charge in [0, 0.05) is 12.6 Å². The number of rotatable bonds is 5. The number of ether oxygens (including phenoxy) is 1. The van der Waals surface area contributed by atoms with E-state index in [1.807, 2.05) is 17.8 Å². The van der Waals surface area contributed by atoms with Crippen LogP contribution in [-0.2, 0) is 16.1 Å². The van der Waals surface area contributed by atoms with Crippen LogP contribution in [0.1, 0.15) is 32.3 Å². The molecule has 0 radical (unpaired) electrons. The summed E-state index contributed by atoms with van der Waals surface area (Å²) >= 11 is 0. The molecule has 3 N–H and O–H groups in total. The fourth-order valence-electron chi connectivity index (χ4n) is 3.15. The van der Waals surface area contributed by atoms with Gasteiger partial charge < -0.3 is 20.7 Å². The van der Waals surface area contributed by atoms with Gasteiger partial charge in [-0.3, -0.25) is 0 Å². The van der Waals surface area contributed by atoms with Crippen molar-refractivity contribution in [1.82, 2.24) is 20.4 Å². The van der Waals surface area contributed by atoms with Crippen molar-refractivity contribution in [3.63, 3.8) is 0 Å². The molecule has 0 amide bonds. The molecule has 1 aromatic heterocycles. The van der Waals surface area contributed by atoms with Crippen molar-refractivity contribution in [2.24, 2.45) is 0 Å². The molecule has 23 heavy (non-hydrogen) atoms. The van der Waals surface area contributed by atoms with Crippen LogP contribution < -0.4 is 16.0 Å². The van der Waals surface area contributed by atoms with Gasteiger partial charge in [0.2, 0.25) is 0 Å². The standard InChI is InChI=1S/C16H25N5O2/c1-3-21-15-12(10-19-21)14(20-11-5-7-17-8-6-11)13(9-18-15)16(22)23-4-2/h10-11,17-18,20H,3-9H2,1-2H3. The minimum absolute atomic E-state index is 0.258. The van der Waals surface area contributed by atoms with Gasteiger partial charge in [-0.05, 0) is 39.8 Å². The first kappa shape index (κ1) is 15.9. The molecule has 0 bridgehead atoms. The van der Waals surface area contributed by atoms with Crippen LogP contribution in [0.2, 0.25) is 0 Å². The number of esters is 1. The predicted octanol–water partition coefficient (Wildman–Crippen LogP) is 0.944. The van der Waals surface area contributed by atoms with Gasteiger partial charge >= 0.3 is 5.97 Å². The van der Waals surface area contributed by atoms with Gasteiger partial charge in [0.15, 0.2) is 0 Å². The van der Waals surface area contributed by atoms with Crippen LogP contribution in [-0.4, -0.2) is 48.0 Å². The lowest BCUT2D eigenvalue weighted by Gasteiger charge is -2.29. The molecule has 3 rings (SSSR count). The van der Waals surface area contributed by atoms with Crippen LogP contribution in [0.25, 0.3) is 5.70 Å². The number of aromatic nitrogens is 2. The van der Waals surface area contributed by atoms with E-state index in [0.29, 0.717) is 24.8 Å². The zero-order valence-corrected chi connectivity index (χ0v) is 13.8. The molecular formula is C16H25N5O2. The van der Waals surface area contributed by atoms with Crippen LogP contribution in [0.4, 0.5) is 5.82 Å². The predicted molar refractivity (Wildman–Crippen MR) is 89.0 cm³/mol. The molecule has 0 spiro atoms. The van der Waals surface area contributed by atoms with Gasteiger partial charge in [-0.1, -0.05) is 0 Å². The quantitative estimate of drug-likeness (QED) is 0.701. The number of fused-ring (bicyclic) bond motifs is 1. The molecule has 0 aliphatic carbocycles. The molecule has 126 valence electrons. The van der Waals surface area contributed by atoms with Crippen molar-refractivity contribution in [3.05, 3.63) is 17.3 Å². The lowest BCUT2D eigenvalue weighted by Crippen LogP contribution is -2.40. The van der Waals surface area contributed by atoms with Crippen LogP contribution in [0.3, 0.4) is 0 Å². The summed E-state index contributed by atoms with van der Waals surface area (Å²) in [4.78, 5) is 12.3. The Morgan fingerprint density at radius 3 is 2.91 bits per heavy atom. The largest absolute Gasteiger partial charge is 0.463 e. The summed E-state index contributed by atoms with van der Waals surface area (Å²) in [6, 6.07) is 0.367. The van der Waals surface area contributed by atoms with Crippen LogP contribution in [0.15, 0.2) is 11.8 Å². The maximum Gasteiger partial charge on any atom is 0.337 e. The summed E-state index contributed by atoms with van der Waals surface area (Å²) in [5.74, 6) is 0.711. The number of anilines is 1. The van der Waals surface area contributed by atoms with E-state index in [1.165, 1.54) is 0 Å². The minimum atomic E-state index is -0.258. The second kappa shape index (κ2) is 7.04.